The molecule has 0 saturated carbocycles. The van der Waals surface area contributed by atoms with Gasteiger partial charge >= 0.3 is 12.1 Å². The number of carbonyl (C=O) groups is 3. The molecule has 11 nitrogen and oxygen atoms in total. The number of carbonyl (C=O) groups excluding carboxylic acids is 2. The molecule has 12 heteroatoms. The first-order valence-electron chi connectivity index (χ1n) is 13.8. The van der Waals surface area contributed by atoms with E-state index in [-0.39, 0.29) is 42.3 Å². The fourth-order valence-corrected chi connectivity index (χ4v) is 4.97. The minimum atomic E-state index is -1.02. The van der Waals surface area contributed by atoms with Gasteiger partial charge in [-0.3, -0.25) is 9.59 Å². The second-order valence-electron chi connectivity index (χ2n) is 12.9. The van der Waals surface area contributed by atoms with Crippen LogP contribution in [0.5, 0.6) is 0 Å². The molecule has 0 aromatic carbocycles. The highest BCUT2D eigenvalue weighted by atomic mass is 32.2. The first-order chi connectivity index (χ1) is 18.4. The van der Waals surface area contributed by atoms with Crippen LogP contribution in [0.3, 0.4) is 0 Å². The Morgan fingerprint density at radius 2 is 1.88 bits per heavy atom. The van der Waals surface area contributed by atoms with E-state index in [1.165, 1.54) is 11.1 Å². The maximum atomic E-state index is 14.2. The van der Waals surface area contributed by atoms with E-state index in [9.17, 15) is 24.0 Å². The Morgan fingerprint density at radius 3 is 2.40 bits per heavy atom. The number of amides is 2. The summed E-state index contributed by atoms with van der Waals surface area (Å²) in [5.74, 6) is -0.655. The van der Waals surface area contributed by atoms with E-state index in [1.807, 2.05) is 34.6 Å². The van der Waals surface area contributed by atoms with E-state index in [1.54, 1.807) is 31.9 Å². The van der Waals surface area contributed by atoms with Crippen molar-refractivity contribution in [2.45, 2.75) is 85.3 Å². The summed E-state index contributed by atoms with van der Waals surface area (Å²) in [5, 5.41) is 13.1. The molecule has 1 aliphatic heterocycles. The van der Waals surface area contributed by atoms with Gasteiger partial charge in [-0.15, -0.1) is 0 Å². The average molecular weight is 582 g/mol. The summed E-state index contributed by atoms with van der Waals surface area (Å²) >= 11 is -0.933. The summed E-state index contributed by atoms with van der Waals surface area (Å²) in [6.45, 7) is 16.2. The molecule has 1 aliphatic rings. The number of nitrogens with zero attached hydrogens (tertiary/aromatic N) is 4. The molecule has 1 aromatic rings. The fraction of sp³-hybridized carbons (Fsp3) is 0.750. The van der Waals surface area contributed by atoms with Gasteiger partial charge in [0, 0.05) is 44.2 Å². The van der Waals surface area contributed by atoms with Crippen LogP contribution in [0.25, 0.3) is 0 Å². The maximum Gasteiger partial charge on any atom is 0.410 e. The van der Waals surface area contributed by atoms with Gasteiger partial charge in [0.25, 0.3) is 5.91 Å². The highest BCUT2D eigenvalue weighted by Crippen LogP contribution is 2.28. The molecule has 40 heavy (non-hydrogen) atoms. The minimum Gasteiger partial charge on any atom is -0.617 e. The SMILES string of the molecule is CC(C)CN(C(=O)c1cnc(C(C)(C)C)nc1NCCC[S+](C)[O-])[C@H]1C[C@@H](C(=O)O)CN(C(=O)OC(C)(C)C)C1. The predicted octanol–water partition coefficient (Wildman–Crippen LogP) is 3.76. The van der Waals surface area contributed by atoms with Crippen LogP contribution in [0.4, 0.5) is 10.6 Å². The molecule has 1 fully saturated rings. The van der Waals surface area contributed by atoms with Gasteiger partial charge < -0.3 is 29.5 Å². The molecular formula is C28H47N5O6S. The van der Waals surface area contributed by atoms with Gasteiger partial charge in [-0.25, -0.2) is 14.8 Å². The number of hydrogen-bond acceptors (Lipinski definition) is 8. The smallest absolute Gasteiger partial charge is 0.410 e. The first-order valence-corrected chi connectivity index (χ1v) is 15.5. The summed E-state index contributed by atoms with van der Waals surface area (Å²) in [5.41, 5.74) is -0.827. The molecular weight excluding hydrogens is 534 g/mol. The van der Waals surface area contributed by atoms with Crippen LogP contribution < -0.4 is 5.32 Å². The van der Waals surface area contributed by atoms with Gasteiger partial charge in [0.2, 0.25) is 0 Å². The summed E-state index contributed by atoms with van der Waals surface area (Å²) in [4.78, 5) is 51.4. The number of ether oxygens (including phenoxy) is 1. The summed E-state index contributed by atoms with van der Waals surface area (Å²) < 4.78 is 17.1. The van der Waals surface area contributed by atoms with E-state index < -0.39 is 40.8 Å². The normalized spacial score (nSPS) is 18.8. The molecule has 1 saturated heterocycles. The average Bonchev–Trinajstić information content (AvgIpc) is 2.82. The van der Waals surface area contributed by atoms with Crippen molar-refractivity contribution in [3.8, 4) is 0 Å². The Morgan fingerprint density at radius 1 is 1.23 bits per heavy atom. The number of rotatable bonds is 10. The number of aromatic nitrogens is 2. The molecule has 0 bridgehead atoms. The van der Waals surface area contributed by atoms with Crippen molar-refractivity contribution in [3.05, 3.63) is 17.6 Å². The lowest BCUT2D eigenvalue weighted by atomic mass is 9.92. The topological polar surface area (TPSA) is 148 Å². The van der Waals surface area contributed by atoms with E-state index >= 15 is 0 Å². The van der Waals surface area contributed by atoms with E-state index in [0.29, 0.717) is 36.9 Å². The number of piperidine rings is 1. The summed E-state index contributed by atoms with van der Waals surface area (Å²) in [6.07, 6.45) is 3.41. The third kappa shape index (κ3) is 10.1. The van der Waals surface area contributed by atoms with Gasteiger partial charge in [0.15, 0.2) is 0 Å². The number of likely N-dealkylation sites (tertiary alicyclic amines) is 1. The third-order valence-corrected chi connectivity index (χ3v) is 7.15. The number of carboxylic acid groups (broad SMARTS) is 1. The number of aliphatic carboxylic acids is 1. The van der Waals surface area contributed by atoms with Crippen LogP contribution >= 0.6 is 0 Å². The fourth-order valence-electron chi connectivity index (χ4n) is 4.42. The van der Waals surface area contributed by atoms with E-state index in [2.05, 4.69) is 10.3 Å². The molecule has 2 amide bonds. The Labute approximate surface area is 241 Å². The molecule has 3 atom stereocenters. The molecule has 2 heterocycles. The Kier molecular flexibility index (Phi) is 11.6. The molecule has 2 rings (SSSR count). The molecule has 1 unspecified atom stereocenters. The van der Waals surface area contributed by atoms with Gasteiger partial charge in [-0.05, 0) is 33.1 Å². The highest BCUT2D eigenvalue weighted by Gasteiger charge is 2.40. The lowest BCUT2D eigenvalue weighted by Crippen LogP contribution is -2.56. The van der Waals surface area contributed by atoms with Crippen molar-refractivity contribution >= 4 is 35.0 Å². The maximum absolute atomic E-state index is 14.2. The monoisotopic (exact) mass is 581 g/mol. The van der Waals surface area contributed by atoms with Crippen LogP contribution in [0, 0.1) is 11.8 Å². The van der Waals surface area contributed by atoms with Gasteiger partial charge in [-0.2, -0.15) is 0 Å². The van der Waals surface area contributed by atoms with Gasteiger partial charge in [-0.1, -0.05) is 45.8 Å². The van der Waals surface area contributed by atoms with Crippen LogP contribution in [0.1, 0.15) is 84.4 Å². The first kappa shape index (κ1) is 33.6. The van der Waals surface area contributed by atoms with Crippen LogP contribution in [-0.4, -0.2) is 97.2 Å². The lowest BCUT2D eigenvalue weighted by Gasteiger charge is -2.42. The van der Waals surface area contributed by atoms with Gasteiger partial charge in [0.05, 0.1) is 18.2 Å². The van der Waals surface area contributed by atoms with Crippen molar-refractivity contribution in [3.63, 3.8) is 0 Å². The zero-order chi connectivity index (χ0) is 30.4. The quantitative estimate of drug-likeness (QED) is 0.311. The lowest BCUT2D eigenvalue weighted by molar-refractivity contribution is -0.144. The van der Waals surface area contributed by atoms with Crippen LogP contribution in [-0.2, 0) is 26.1 Å². The standard InChI is InChI=1S/C28H47N5O6S/c1-18(2)15-33(20-13-19(24(35)36)16-32(17-20)26(37)39-28(6,7)8)23(34)21-14-30-25(27(3,4)5)31-22(21)29-11-10-12-40(9)38/h14,18-20H,10-13,15-17H2,1-9H3,(H,35,36)(H,29,30,31)/t19-,20+,40?/m1/s1. The Balaban J connectivity index is 2.46. The molecule has 0 spiro atoms. The Bertz CT molecular complexity index is 1040. The van der Waals surface area contributed by atoms with E-state index in [4.69, 9.17) is 9.72 Å². The molecule has 2 N–H and O–H groups in total. The summed E-state index contributed by atoms with van der Waals surface area (Å²) in [7, 11) is 0. The number of hydrogen-bond donors (Lipinski definition) is 2. The highest BCUT2D eigenvalue weighted by molar-refractivity contribution is 7.90. The Hall–Kier alpha value is -2.60. The molecule has 0 aliphatic carbocycles. The van der Waals surface area contributed by atoms with Crippen LogP contribution in [0.2, 0.25) is 0 Å². The zero-order valence-corrected chi connectivity index (χ0v) is 26.3. The molecule has 226 valence electrons. The number of nitrogens with one attached hydrogen (secondary N) is 1. The predicted molar refractivity (Wildman–Crippen MR) is 156 cm³/mol. The van der Waals surface area contributed by atoms with Crippen molar-refractivity contribution in [1.29, 1.82) is 0 Å². The van der Waals surface area contributed by atoms with Crippen LogP contribution in [0.15, 0.2) is 6.20 Å². The second kappa shape index (κ2) is 13.8. The zero-order valence-electron chi connectivity index (χ0n) is 25.4. The number of carboxylic acids is 1. The van der Waals surface area contributed by atoms with E-state index in [0.717, 1.165) is 0 Å². The second-order valence-corrected chi connectivity index (χ2v) is 14.5. The van der Waals surface area contributed by atoms with Crippen molar-refractivity contribution in [1.82, 2.24) is 19.8 Å². The number of anilines is 1. The van der Waals surface area contributed by atoms with Crippen molar-refractivity contribution < 1.29 is 28.8 Å². The minimum absolute atomic E-state index is 0.0133. The summed E-state index contributed by atoms with van der Waals surface area (Å²) in [6, 6.07) is -0.546. The molecule has 0 radical (unpaired) electrons. The largest absolute Gasteiger partial charge is 0.617 e. The van der Waals surface area contributed by atoms with Gasteiger partial charge in [0.1, 0.15) is 28.6 Å². The molecule has 1 aromatic heterocycles. The van der Waals surface area contributed by atoms with Crippen molar-refractivity contribution in [2.75, 3.05) is 43.5 Å². The third-order valence-electron chi connectivity index (χ3n) is 6.28. The van der Waals surface area contributed by atoms with Crippen molar-refractivity contribution in [2.24, 2.45) is 11.8 Å².